The van der Waals surface area contributed by atoms with Crippen molar-refractivity contribution in [1.82, 2.24) is 25.7 Å². The summed E-state index contributed by atoms with van der Waals surface area (Å²) in [4.78, 5) is 27.8. The Labute approximate surface area is 207 Å². The van der Waals surface area contributed by atoms with Crippen molar-refractivity contribution in [3.05, 3.63) is 35.6 Å². The van der Waals surface area contributed by atoms with Gasteiger partial charge in [0.15, 0.2) is 5.41 Å². The van der Waals surface area contributed by atoms with E-state index in [1.165, 1.54) is 11.2 Å². The van der Waals surface area contributed by atoms with Gasteiger partial charge >= 0.3 is 0 Å². The molecule has 1 aliphatic carbocycles. The van der Waals surface area contributed by atoms with E-state index in [1.807, 2.05) is 6.92 Å². The number of fused-ring (bicyclic) bond motifs is 2. The number of allylic oxidation sites excluding steroid dienone is 2. The summed E-state index contributed by atoms with van der Waals surface area (Å²) < 4.78 is 27.1. The fourth-order valence-electron chi connectivity index (χ4n) is 5.58. The lowest BCUT2D eigenvalue weighted by Crippen LogP contribution is -2.58. The summed E-state index contributed by atoms with van der Waals surface area (Å²) >= 11 is 0. The Morgan fingerprint density at radius 2 is 2.00 bits per heavy atom. The number of nitrogens with one attached hydrogen (secondary N) is 2. The average molecular weight is 496 g/mol. The third kappa shape index (κ3) is 3.51. The number of halogens is 2. The number of amides is 1. The van der Waals surface area contributed by atoms with Crippen LogP contribution in [0.1, 0.15) is 31.7 Å². The minimum atomic E-state index is -2.28. The summed E-state index contributed by atoms with van der Waals surface area (Å²) in [5, 5.41) is 18.6. The molecule has 12 heteroatoms. The van der Waals surface area contributed by atoms with E-state index >= 15 is 0 Å². The predicted octanol–water partition coefficient (Wildman–Crippen LogP) is 1.56. The van der Waals surface area contributed by atoms with Gasteiger partial charge in [-0.05, 0) is 25.8 Å². The molecule has 0 unspecified atom stereocenters. The van der Waals surface area contributed by atoms with Gasteiger partial charge in [-0.3, -0.25) is 10.2 Å². The maximum Gasteiger partial charge on any atom is 0.248 e. The zero-order chi connectivity index (χ0) is 25.5. The molecule has 1 saturated heterocycles. The molecule has 10 nitrogen and oxygen atoms in total. The van der Waals surface area contributed by atoms with Crippen LogP contribution in [0.25, 0.3) is 0 Å². The average Bonchev–Trinajstić information content (AvgIpc) is 3.26. The van der Waals surface area contributed by atoms with Crippen molar-refractivity contribution >= 4 is 17.5 Å². The molecule has 3 aliphatic heterocycles. The number of carbonyl (C=O) groups excluding carboxylic acids is 1. The Morgan fingerprint density at radius 3 is 2.61 bits per heavy atom. The second-order valence-electron chi connectivity index (χ2n) is 9.88. The Hall–Kier alpha value is -3.93. The van der Waals surface area contributed by atoms with E-state index in [0.29, 0.717) is 18.8 Å². The van der Waals surface area contributed by atoms with Gasteiger partial charge in [0.05, 0.1) is 11.8 Å². The first kappa shape index (κ1) is 23.8. The summed E-state index contributed by atoms with van der Waals surface area (Å²) in [6.07, 6.45) is 8.20. The maximum atomic E-state index is 13.5. The minimum absolute atomic E-state index is 0.104. The number of rotatable bonds is 5. The van der Waals surface area contributed by atoms with Gasteiger partial charge in [-0.25, -0.2) is 18.7 Å². The Morgan fingerprint density at radius 1 is 1.25 bits per heavy atom. The zero-order valence-electron chi connectivity index (χ0n) is 20.0. The van der Waals surface area contributed by atoms with E-state index in [1.54, 1.807) is 18.3 Å². The van der Waals surface area contributed by atoms with E-state index in [9.17, 15) is 24.1 Å². The van der Waals surface area contributed by atoms with Gasteiger partial charge in [0.1, 0.15) is 43.1 Å². The fourth-order valence-corrected chi connectivity index (χ4v) is 5.58. The molecule has 4 aliphatic rings. The number of hydrazine groups is 1. The van der Waals surface area contributed by atoms with E-state index in [-0.39, 0.29) is 18.0 Å². The van der Waals surface area contributed by atoms with Crippen LogP contribution < -0.4 is 20.7 Å². The quantitative estimate of drug-likeness (QED) is 0.626. The Balaban J connectivity index is 1.44. The van der Waals surface area contributed by atoms with Crippen molar-refractivity contribution in [2.75, 3.05) is 49.3 Å². The second kappa shape index (κ2) is 8.94. The first-order chi connectivity index (χ1) is 17.4. The van der Waals surface area contributed by atoms with Crippen LogP contribution in [0.5, 0.6) is 0 Å². The van der Waals surface area contributed by atoms with Crippen LogP contribution >= 0.6 is 0 Å². The lowest BCUT2D eigenvalue weighted by atomic mass is 9.66. The number of nitrogens with zero attached hydrogens (tertiary/aromatic N) is 7. The monoisotopic (exact) mass is 495 g/mol. The molecule has 36 heavy (non-hydrogen) atoms. The number of aromatic nitrogens is 2. The normalized spacial score (nSPS) is 22.4. The highest BCUT2D eigenvalue weighted by molar-refractivity contribution is 5.86. The van der Waals surface area contributed by atoms with Gasteiger partial charge in [0.2, 0.25) is 5.91 Å². The smallest absolute Gasteiger partial charge is 0.248 e. The van der Waals surface area contributed by atoms with Crippen molar-refractivity contribution in [2.24, 2.45) is 5.41 Å². The first-order valence-corrected chi connectivity index (χ1v) is 12.0. The number of alkyl halides is 2. The molecule has 0 radical (unpaired) electrons. The van der Waals surface area contributed by atoms with E-state index < -0.39 is 24.7 Å². The largest absolute Gasteiger partial charge is 0.352 e. The molecule has 1 aromatic rings. The van der Waals surface area contributed by atoms with Gasteiger partial charge in [-0.1, -0.05) is 6.42 Å². The minimum Gasteiger partial charge on any atom is -0.352 e. The first-order valence-electron chi connectivity index (χ1n) is 12.0. The Bertz CT molecular complexity index is 1210. The topological polar surface area (TPSA) is 124 Å². The van der Waals surface area contributed by atoms with Crippen LogP contribution in [0.3, 0.4) is 0 Å². The van der Waals surface area contributed by atoms with Crippen LogP contribution in [0.2, 0.25) is 0 Å². The summed E-state index contributed by atoms with van der Waals surface area (Å²) in [6, 6.07) is 3.31. The molecular weight excluding hydrogens is 468 g/mol. The molecule has 0 aromatic carbocycles. The molecule has 2 fully saturated rings. The van der Waals surface area contributed by atoms with Crippen molar-refractivity contribution in [1.29, 1.82) is 10.5 Å². The molecule has 5 rings (SSSR count). The lowest BCUT2D eigenvalue weighted by Gasteiger charge is -2.44. The van der Waals surface area contributed by atoms with Gasteiger partial charge in [-0.2, -0.15) is 10.5 Å². The van der Waals surface area contributed by atoms with Crippen molar-refractivity contribution in [3.8, 4) is 12.1 Å². The molecule has 0 bridgehead atoms. The molecule has 4 heterocycles. The molecule has 1 spiro atoms. The molecule has 2 N–H and O–H groups in total. The molecule has 1 amide bonds. The van der Waals surface area contributed by atoms with Gasteiger partial charge < -0.3 is 20.1 Å². The predicted molar refractivity (Wildman–Crippen MR) is 126 cm³/mol. The number of nitriles is 2. The van der Waals surface area contributed by atoms with Crippen molar-refractivity contribution in [3.63, 3.8) is 0 Å². The van der Waals surface area contributed by atoms with Crippen molar-refractivity contribution < 1.29 is 13.6 Å². The third-order valence-electron chi connectivity index (χ3n) is 7.78. The van der Waals surface area contributed by atoms with Gasteiger partial charge in [-0.15, -0.1) is 0 Å². The standard InChI is InChI=1S/C24H27F2N9O/c1-16-10-33(5-6-34(16)22(36)24(11-25,12-26)13-28)20-19-21(30-15-29-20)35(14-23(19)3-2-4-23)18-7-17(8-27)32-31-9-18/h7,9,15-16,31-32H,2-6,10-12,14H2,1H3/t16-/m1/s1. The summed E-state index contributed by atoms with van der Waals surface area (Å²) in [5.41, 5.74) is 5.64. The van der Waals surface area contributed by atoms with Crippen LogP contribution in [0.15, 0.2) is 30.0 Å². The number of anilines is 2. The van der Waals surface area contributed by atoms with Crippen LogP contribution in [-0.2, 0) is 10.2 Å². The highest BCUT2D eigenvalue weighted by Gasteiger charge is 2.52. The van der Waals surface area contributed by atoms with Crippen LogP contribution in [-0.4, -0.2) is 66.3 Å². The molecule has 188 valence electrons. The highest BCUT2D eigenvalue weighted by atomic mass is 19.1. The number of hydrogen-bond acceptors (Lipinski definition) is 9. The number of carbonyl (C=O) groups is 1. The SMILES string of the molecule is C[C@@H]1CN(c2ncnc3c2C2(CCC2)CN3C2=CNNC(C#N)=C2)CCN1C(=O)C(C#N)(CF)CF. The molecule has 1 aromatic heterocycles. The summed E-state index contributed by atoms with van der Waals surface area (Å²) in [6.45, 7) is 0.892. The molecular formula is C24H27F2N9O. The second-order valence-corrected chi connectivity index (χ2v) is 9.88. The van der Waals surface area contributed by atoms with Crippen LogP contribution in [0.4, 0.5) is 20.4 Å². The van der Waals surface area contributed by atoms with E-state index in [2.05, 4.69) is 36.7 Å². The van der Waals surface area contributed by atoms with Gasteiger partial charge in [0, 0.05) is 49.4 Å². The van der Waals surface area contributed by atoms with Gasteiger partial charge in [0.25, 0.3) is 0 Å². The maximum absolute atomic E-state index is 13.5. The summed E-state index contributed by atoms with van der Waals surface area (Å²) in [7, 11) is 0. The molecule has 1 atom stereocenters. The highest BCUT2D eigenvalue weighted by Crippen LogP contribution is 2.55. The fraction of sp³-hybridized carbons (Fsp3) is 0.542. The van der Waals surface area contributed by atoms with E-state index in [0.717, 1.165) is 48.7 Å². The van der Waals surface area contributed by atoms with E-state index in [4.69, 9.17) is 0 Å². The lowest BCUT2D eigenvalue weighted by molar-refractivity contribution is -0.143. The third-order valence-corrected chi connectivity index (χ3v) is 7.78. The zero-order valence-corrected chi connectivity index (χ0v) is 20.0. The number of piperazine rings is 1. The summed E-state index contributed by atoms with van der Waals surface area (Å²) in [5.74, 6) is 0.797. The van der Waals surface area contributed by atoms with Crippen molar-refractivity contribution in [2.45, 2.75) is 37.6 Å². The molecule has 1 saturated carbocycles. The Kier molecular flexibility index (Phi) is 5.91. The number of hydrogen-bond donors (Lipinski definition) is 2. The van der Waals surface area contributed by atoms with Crippen LogP contribution in [0, 0.1) is 28.1 Å².